The smallest absolute Gasteiger partial charge is 0.325 e. The average molecular weight is 1950 g/mol. The maximum atomic E-state index is 14.6. The number of carbonyl (C=O) groups is 25. The molecule has 0 bridgehead atoms. The summed E-state index contributed by atoms with van der Waals surface area (Å²) in [5.41, 5.74) is 27.5. The number of aliphatic carboxylic acids is 5. The van der Waals surface area contributed by atoms with Crippen molar-refractivity contribution in [3.63, 3.8) is 0 Å². The van der Waals surface area contributed by atoms with Crippen molar-refractivity contribution >= 4 is 166 Å². The normalized spacial score (nSPS) is 15.1. The molecular weight excluding hydrogens is 1830 g/mol. The second kappa shape index (κ2) is 60.5. The van der Waals surface area contributed by atoms with Crippen LogP contribution in [0.2, 0.25) is 0 Å². The van der Waals surface area contributed by atoms with Crippen molar-refractivity contribution in [3.05, 3.63) is 29.8 Å². The number of rotatable bonds is 65. The molecule has 1 aliphatic rings. The molecule has 136 heavy (non-hydrogen) atoms. The fourth-order valence-corrected chi connectivity index (χ4v) is 13.2. The topological polar surface area (TPSA) is 930 Å². The second-order valence-corrected chi connectivity index (χ2v) is 32.6. The molecule has 0 spiro atoms. The van der Waals surface area contributed by atoms with Gasteiger partial charge in [-0.2, -0.15) is 11.8 Å². The van der Waals surface area contributed by atoms with Crippen LogP contribution < -0.4 is 119 Å². The van der Waals surface area contributed by atoms with Crippen LogP contribution in [0.3, 0.4) is 0 Å². The highest BCUT2D eigenvalue weighted by Gasteiger charge is 2.42. The number of amides is 20. The predicted molar refractivity (Wildman–Crippen MR) is 470 cm³/mol. The minimum Gasteiger partial charge on any atom is -0.508 e. The number of hydrogen-bond donors (Lipinski definition) is 30. The van der Waals surface area contributed by atoms with E-state index in [1.54, 1.807) is 20.1 Å². The number of thioether (sulfide) groups is 1. The number of guanidine groups is 1. The first-order chi connectivity index (χ1) is 63.7. The minimum absolute atomic E-state index is 0.0554. The van der Waals surface area contributed by atoms with E-state index in [9.17, 15) is 156 Å². The molecule has 0 aromatic heterocycles. The summed E-state index contributed by atoms with van der Waals surface area (Å²) < 4.78 is 0. The quantitative estimate of drug-likeness (QED) is 0.0164. The van der Waals surface area contributed by atoms with Crippen LogP contribution in [0.4, 0.5) is 0 Å². The molecule has 0 unspecified atom stereocenters. The molecule has 35 N–H and O–H groups in total. The molecule has 56 nitrogen and oxygen atoms in total. The highest BCUT2D eigenvalue weighted by atomic mass is 32.2. The van der Waals surface area contributed by atoms with E-state index in [2.05, 4.69) is 79.8 Å². The monoisotopic (exact) mass is 1950 g/mol. The molecule has 1 saturated heterocycles. The third kappa shape index (κ3) is 46.1. The number of carbonyl (C=O) groups excluding carboxylic acids is 20. The Balaban J connectivity index is 2.48. The number of benzene rings is 1. The van der Waals surface area contributed by atoms with Gasteiger partial charge in [-0.15, -0.1) is 0 Å². The van der Waals surface area contributed by atoms with Crippen molar-refractivity contribution in [2.75, 3.05) is 51.3 Å². The van der Waals surface area contributed by atoms with E-state index in [1.807, 2.05) is 10.6 Å². The number of carboxylic acid groups (broad SMARTS) is 5. The van der Waals surface area contributed by atoms with Gasteiger partial charge in [0.25, 0.3) is 0 Å². The number of hydrogen-bond acceptors (Lipinski definition) is 30. The van der Waals surface area contributed by atoms with Gasteiger partial charge in [0.2, 0.25) is 118 Å². The summed E-state index contributed by atoms with van der Waals surface area (Å²) in [5, 5.41) is 114. The minimum atomic E-state index is -2.22. The zero-order valence-corrected chi connectivity index (χ0v) is 75.8. The van der Waals surface area contributed by atoms with E-state index < -0.39 is 367 Å². The van der Waals surface area contributed by atoms with Crippen LogP contribution in [-0.2, 0) is 126 Å². The summed E-state index contributed by atoms with van der Waals surface area (Å²) in [6, 6.07) is -20.8. The van der Waals surface area contributed by atoms with Crippen LogP contribution in [0.5, 0.6) is 5.75 Å². The maximum absolute atomic E-state index is 14.6. The third-order valence-corrected chi connectivity index (χ3v) is 20.5. The summed E-state index contributed by atoms with van der Waals surface area (Å²) in [5.74, 6) is -32.0. The van der Waals surface area contributed by atoms with Crippen molar-refractivity contribution < 1.29 is 156 Å². The number of carboxylic acids is 5. The zero-order valence-electron chi connectivity index (χ0n) is 75.0. The number of phenolic OH excluding ortho intramolecular Hbond substituents is 1. The molecule has 1 aromatic carbocycles. The van der Waals surface area contributed by atoms with Gasteiger partial charge in [-0.05, 0) is 120 Å². The molecule has 756 valence electrons. The molecule has 1 heterocycles. The molecule has 15 atom stereocenters. The van der Waals surface area contributed by atoms with Crippen molar-refractivity contribution in [1.29, 1.82) is 5.41 Å². The fourth-order valence-electron chi connectivity index (χ4n) is 12.7. The predicted octanol–water partition coefficient (Wildman–Crippen LogP) is -12.4. The van der Waals surface area contributed by atoms with Crippen molar-refractivity contribution in [1.82, 2.24) is 95.3 Å². The maximum Gasteiger partial charge on any atom is 0.325 e. The van der Waals surface area contributed by atoms with E-state index in [4.69, 9.17) is 34.1 Å². The molecule has 1 aromatic rings. The van der Waals surface area contributed by atoms with Crippen LogP contribution in [0, 0.1) is 11.3 Å². The summed E-state index contributed by atoms with van der Waals surface area (Å²) >= 11 is 1.18. The lowest BCUT2D eigenvalue weighted by molar-refractivity contribution is -0.147. The highest BCUT2D eigenvalue weighted by molar-refractivity contribution is 7.98. The number of nitrogens with one attached hydrogen (secondary N) is 18. The number of likely N-dealkylation sites (tertiary alicyclic amines) is 1. The molecule has 20 amide bonds. The second-order valence-electron chi connectivity index (χ2n) is 31.6. The van der Waals surface area contributed by atoms with Crippen LogP contribution in [-0.4, -0.2) is 337 Å². The molecular formula is C79H122N24O32S. The average Bonchev–Trinajstić information content (AvgIpc) is 1.66. The molecule has 2 rings (SSSR count). The van der Waals surface area contributed by atoms with Gasteiger partial charge < -0.3 is 160 Å². The number of primary amides is 3. The van der Waals surface area contributed by atoms with Gasteiger partial charge in [0.1, 0.15) is 90.3 Å². The molecule has 1 aliphatic heterocycles. The van der Waals surface area contributed by atoms with Gasteiger partial charge in [-0.25, -0.2) is 0 Å². The Kier molecular flexibility index (Phi) is 52.2. The van der Waals surface area contributed by atoms with Gasteiger partial charge in [0.15, 0.2) is 5.96 Å². The number of nitrogens with two attached hydrogens (primary N) is 5. The summed E-state index contributed by atoms with van der Waals surface area (Å²) in [4.78, 5) is 331. The van der Waals surface area contributed by atoms with Gasteiger partial charge in [0, 0.05) is 51.6 Å². The van der Waals surface area contributed by atoms with Gasteiger partial charge in [-0.3, -0.25) is 125 Å². The first-order valence-electron chi connectivity index (χ1n) is 42.5. The Morgan fingerprint density at radius 1 is 0.419 bits per heavy atom. The largest absolute Gasteiger partial charge is 0.508 e. The van der Waals surface area contributed by atoms with E-state index in [1.165, 1.54) is 49.9 Å². The standard InChI is InChI=1S/C79H122N24O32S/c1-36(2)28-48(99-70(126)44(18-23-61(114)115)92-57(109)32-87-65(121)42(17-22-60(112)113)94-64(120)37(3)80)73(129)95-41(8-6-25-86-79(84)85)68(124)96-46(16-21-56(83)108)72(128)102-52(35-104)75(131)101-50(30-62(116)117)67(123)89-33-58(110)91-43(14-19-54(81)106)69(125)100-49(29-39-10-12-40(105)13-11-39)74(130)97-45(15-20-55(82)107)71(127)98-47(24-27-136-5)66(122)88-34-59(111)93-51(31-63(118)119)77(133)103-26-7-9-53(103)76(132)90-38(4)78(134)135/h10-13,36-38,41-53,104-105H,6-9,14-35,80H2,1-5H3,(H2,81,106)(H2,82,107)(H2,83,108)(H,87,121)(H,88,122)(H,89,123)(H,90,132)(H,91,110)(H,92,109)(H,93,111)(H,94,120)(H,95,129)(H,96,124)(H,97,130)(H,98,127)(H,99,126)(H,100,125)(H,101,131)(H,102,128)(H,112,113)(H,114,115)(H,116,117)(H,118,119)(H,134,135)(H4,84,85,86)/t37-,38-,41-,42-,43-,44-,45-,46-,47-,48-,49-,50-,51-,52-,53-/m0/s1. The molecule has 0 saturated carbocycles. The lowest BCUT2D eigenvalue weighted by Gasteiger charge is -2.28. The molecule has 0 aliphatic carbocycles. The lowest BCUT2D eigenvalue weighted by Crippen LogP contribution is -2.60. The van der Waals surface area contributed by atoms with Crippen molar-refractivity contribution in [3.8, 4) is 5.75 Å². The number of aliphatic hydroxyl groups excluding tert-OH is 1. The summed E-state index contributed by atoms with van der Waals surface area (Å²) in [7, 11) is 0. The summed E-state index contributed by atoms with van der Waals surface area (Å²) in [6.45, 7) is 0.914. The SMILES string of the molecule is CSCC[C@H](NC(=O)[C@H](CCC(N)=O)NC(=O)[C@H](Cc1ccc(O)cc1)NC(=O)[C@H](CCC(N)=O)NC(=O)CNC(=O)[C@H](CC(=O)O)NC(=O)[C@H](CO)NC(=O)[C@H](CCC(N)=O)NC(=O)[C@H](CCCNC(=N)N)NC(=O)[C@H](CC(C)C)NC(=O)[C@H](CCC(=O)O)NC(=O)CNC(=O)[C@H](CCC(=O)O)NC(=O)[C@H](C)N)C(=O)NCC(=O)N[C@@H](CC(=O)O)C(=O)N1CCC[C@H]1C(=O)N[C@@H](C)C(=O)O. The van der Waals surface area contributed by atoms with Crippen LogP contribution in [0.25, 0.3) is 0 Å². The fraction of sp³-hybridized carbons (Fsp3) is 0.595. The van der Waals surface area contributed by atoms with Crippen LogP contribution in [0.15, 0.2) is 24.3 Å². The Hall–Kier alpha value is -14.7. The lowest BCUT2D eigenvalue weighted by atomic mass is 10.0. The Bertz CT molecular complexity index is 4470. The number of aromatic hydroxyl groups is 1. The van der Waals surface area contributed by atoms with Crippen molar-refractivity contribution in [2.45, 2.75) is 240 Å². The Morgan fingerprint density at radius 2 is 0.772 bits per heavy atom. The Morgan fingerprint density at radius 3 is 1.18 bits per heavy atom. The van der Waals surface area contributed by atoms with E-state index in [0.29, 0.717) is 0 Å². The molecule has 0 radical (unpaired) electrons. The van der Waals surface area contributed by atoms with E-state index in [-0.39, 0.29) is 62.3 Å². The summed E-state index contributed by atoms with van der Waals surface area (Å²) in [6.07, 6.45) is -8.34. The van der Waals surface area contributed by atoms with E-state index in [0.717, 1.165) is 4.90 Å². The number of phenols is 1. The van der Waals surface area contributed by atoms with Gasteiger partial charge in [0.05, 0.1) is 45.1 Å². The Labute approximate surface area is 780 Å². The van der Waals surface area contributed by atoms with Gasteiger partial charge >= 0.3 is 29.8 Å². The van der Waals surface area contributed by atoms with Crippen molar-refractivity contribution in [2.24, 2.45) is 34.6 Å². The first-order valence-corrected chi connectivity index (χ1v) is 43.9. The molecule has 57 heteroatoms. The van der Waals surface area contributed by atoms with Crippen LogP contribution >= 0.6 is 11.8 Å². The molecule has 1 fully saturated rings. The first kappa shape index (κ1) is 117. The van der Waals surface area contributed by atoms with Crippen LogP contribution in [0.1, 0.15) is 149 Å². The zero-order chi connectivity index (χ0) is 103. The van der Waals surface area contributed by atoms with E-state index >= 15 is 0 Å². The third-order valence-electron chi connectivity index (χ3n) is 19.8. The number of nitrogens with zero attached hydrogens (tertiary/aromatic N) is 1. The number of aliphatic hydroxyl groups is 1. The highest BCUT2D eigenvalue weighted by Crippen LogP contribution is 2.21. The van der Waals surface area contributed by atoms with Gasteiger partial charge in [-0.1, -0.05) is 26.0 Å².